The van der Waals surface area contributed by atoms with Crippen LogP contribution in [0, 0.1) is 21.4 Å². The van der Waals surface area contributed by atoms with Crippen molar-refractivity contribution in [2.75, 3.05) is 0 Å². The van der Waals surface area contributed by atoms with Gasteiger partial charge < -0.3 is 0 Å². The number of nitriles is 1. The quantitative estimate of drug-likeness (QED) is 0.282. The molecule has 2 aromatic rings. The van der Waals surface area contributed by atoms with Crippen molar-refractivity contribution in [3.05, 3.63) is 81.4 Å². The summed E-state index contributed by atoms with van der Waals surface area (Å²) in [6.45, 7) is 0. The summed E-state index contributed by atoms with van der Waals surface area (Å²) in [4.78, 5) is 22.2. The van der Waals surface area contributed by atoms with Gasteiger partial charge in [-0.2, -0.15) is 5.26 Å². The first kappa shape index (κ1) is 14.2. The highest BCUT2D eigenvalue weighted by Gasteiger charge is 2.12. The number of carbonyl (C=O) groups excluding carboxylic acids is 1. The third-order valence-electron chi connectivity index (χ3n) is 2.82. The van der Waals surface area contributed by atoms with E-state index in [1.807, 2.05) is 6.07 Å². The number of nitro groups is 1. The molecule has 2 rings (SSSR count). The van der Waals surface area contributed by atoms with E-state index in [1.54, 1.807) is 30.3 Å². The van der Waals surface area contributed by atoms with Gasteiger partial charge in [-0.15, -0.1) is 0 Å². The number of Topliss-reactive ketones (excluding diaryl/α,β-unsaturated/α-hetero) is 1. The second kappa shape index (κ2) is 6.26. The first-order valence-corrected chi connectivity index (χ1v) is 6.08. The molecule has 0 spiro atoms. The van der Waals surface area contributed by atoms with E-state index in [0.29, 0.717) is 11.1 Å². The van der Waals surface area contributed by atoms with Crippen LogP contribution in [-0.2, 0) is 0 Å². The van der Waals surface area contributed by atoms with E-state index in [1.165, 1.54) is 30.3 Å². The fourth-order valence-electron chi connectivity index (χ4n) is 1.75. The molecule has 0 aliphatic carbocycles. The number of hydrogen-bond acceptors (Lipinski definition) is 4. The molecular weight excluding hydrogens is 268 g/mol. The van der Waals surface area contributed by atoms with Crippen LogP contribution in [0.3, 0.4) is 0 Å². The number of rotatable bonds is 4. The third-order valence-corrected chi connectivity index (χ3v) is 2.82. The molecule has 0 heterocycles. The Kier molecular flexibility index (Phi) is 4.22. The number of hydrogen-bond donors (Lipinski definition) is 0. The summed E-state index contributed by atoms with van der Waals surface area (Å²) in [6.07, 6.45) is 1.42. The molecule has 5 heteroatoms. The van der Waals surface area contributed by atoms with Gasteiger partial charge in [0, 0.05) is 17.7 Å². The molecule has 2 aromatic carbocycles. The molecular formula is C16H10N2O3. The van der Waals surface area contributed by atoms with Crippen molar-refractivity contribution < 1.29 is 9.72 Å². The zero-order chi connectivity index (χ0) is 15.2. The van der Waals surface area contributed by atoms with Crippen LogP contribution in [-0.4, -0.2) is 10.7 Å². The average molecular weight is 278 g/mol. The van der Waals surface area contributed by atoms with Crippen LogP contribution in [0.5, 0.6) is 0 Å². The van der Waals surface area contributed by atoms with Crippen LogP contribution in [0.1, 0.15) is 15.9 Å². The van der Waals surface area contributed by atoms with Gasteiger partial charge in [0.25, 0.3) is 5.69 Å². The molecule has 0 aromatic heterocycles. The molecule has 0 aliphatic heterocycles. The van der Waals surface area contributed by atoms with Crippen molar-refractivity contribution in [1.82, 2.24) is 0 Å². The summed E-state index contributed by atoms with van der Waals surface area (Å²) in [5, 5.41) is 19.7. The van der Waals surface area contributed by atoms with Gasteiger partial charge in [0.1, 0.15) is 11.6 Å². The summed E-state index contributed by atoms with van der Waals surface area (Å²) in [7, 11) is 0. The van der Waals surface area contributed by atoms with Crippen LogP contribution >= 0.6 is 0 Å². The predicted octanol–water partition coefficient (Wildman–Crippen LogP) is 3.38. The lowest BCUT2D eigenvalue weighted by Gasteiger charge is -1.99. The number of carbonyl (C=O) groups is 1. The summed E-state index contributed by atoms with van der Waals surface area (Å²) in [5.41, 5.74) is 0.920. The standard InChI is InChI=1S/C16H10N2O3/c17-11-14(16(19)13-4-2-1-3-5-13)10-12-6-8-15(9-7-12)18(20)21/h1-10H/b14-10+. The zero-order valence-electron chi connectivity index (χ0n) is 10.9. The molecule has 0 saturated carbocycles. The number of non-ortho nitro benzene ring substituents is 1. The van der Waals surface area contributed by atoms with E-state index in [0.717, 1.165) is 0 Å². The van der Waals surface area contributed by atoms with Crippen molar-refractivity contribution in [1.29, 1.82) is 5.26 Å². The van der Waals surface area contributed by atoms with Crippen molar-refractivity contribution >= 4 is 17.5 Å². The SMILES string of the molecule is N#C/C(=C\c1ccc([N+](=O)[O-])cc1)C(=O)c1ccccc1. The van der Waals surface area contributed by atoms with Gasteiger partial charge in [0.15, 0.2) is 0 Å². The lowest BCUT2D eigenvalue weighted by Crippen LogP contribution is -2.01. The molecule has 0 saturated heterocycles. The molecule has 0 atom stereocenters. The summed E-state index contributed by atoms with van der Waals surface area (Å²) >= 11 is 0. The average Bonchev–Trinajstić information content (AvgIpc) is 2.53. The molecule has 0 unspecified atom stereocenters. The van der Waals surface area contributed by atoms with E-state index in [2.05, 4.69) is 0 Å². The number of nitrogens with zero attached hydrogens (tertiary/aromatic N) is 2. The second-order valence-corrected chi connectivity index (χ2v) is 4.21. The second-order valence-electron chi connectivity index (χ2n) is 4.21. The first-order chi connectivity index (χ1) is 10.1. The summed E-state index contributed by atoms with van der Waals surface area (Å²) in [6, 6.07) is 16.0. The smallest absolute Gasteiger partial charge is 0.269 e. The van der Waals surface area contributed by atoms with Gasteiger partial charge in [-0.3, -0.25) is 14.9 Å². The molecule has 0 N–H and O–H groups in total. The van der Waals surface area contributed by atoms with Gasteiger partial charge >= 0.3 is 0 Å². The monoisotopic (exact) mass is 278 g/mol. The highest BCUT2D eigenvalue weighted by Crippen LogP contribution is 2.16. The van der Waals surface area contributed by atoms with Crippen LogP contribution in [0.15, 0.2) is 60.2 Å². The Bertz CT molecular complexity index is 741. The highest BCUT2D eigenvalue weighted by atomic mass is 16.6. The summed E-state index contributed by atoms with van der Waals surface area (Å²) in [5.74, 6) is -0.378. The largest absolute Gasteiger partial charge is 0.288 e. The van der Waals surface area contributed by atoms with Crippen molar-refractivity contribution in [2.45, 2.75) is 0 Å². The normalized spacial score (nSPS) is 10.7. The Morgan fingerprint density at radius 3 is 2.24 bits per heavy atom. The molecule has 0 bridgehead atoms. The van der Waals surface area contributed by atoms with Crippen molar-refractivity contribution in [3.63, 3.8) is 0 Å². The summed E-state index contributed by atoms with van der Waals surface area (Å²) < 4.78 is 0. The van der Waals surface area contributed by atoms with Gasteiger partial charge in [-0.1, -0.05) is 30.3 Å². The van der Waals surface area contributed by atoms with E-state index in [9.17, 15) is 14.9 Å². The predicted molar refractivity (Wildman–Crippen MR) is 77.5 cm³/mol. The molecule has 0 aliphatic rings. The topological polar surface area (TPSA) is 84.0 Å². The minimum atomic E-state index is -0.506. The minimum absolute atomic E-state index is 0.0185. The number of benzene rings is 2. The van der Waals surface area contributed by atoms with Crippen LogP contribution in [0.4, 0.5) is 5.69 Å². The van der Waals surface area contributed by atoms with Crippen LogP contribution in [0.2, 0.25) is 0 Å². The van der Waals surface area contributed by atoms with Crippen molar-refractivity contribution in [3.8, 4) is 6.07 Å². The Balaban J connectivity index is 2.31. The lowest BCUT2D eigenvalue weighted by molar-refractivity contribution is -0.384. The van der Waals surface area contributed by atoms with Crippen molar-refractivity contribution in [2.24, 2.45) is 0 Å². The maximum Gasteiger partial charge on any atom is 0.269 e. The Labute approximate surface area is 120 Å². The van der Waals surface area contributed by atoms with Gasteiger partial charge in [0.05, 0.1) is 4.92 Å². The van der Waals surface area contributed by atoms with E-state index in [-0.39, 0.29) is 17.0 Å². The Hall–Kier alpha value is -3.26. The number of nitro benzene ring substituents is 1. The Morgan fingerprint density at radius 2 is 1.71 bits per heavy atom. The van der Waals surface area contributed by atoms with E-state index >= 15 is 0 Å². The fraction of sp³-hybridized carbons (Fsp3) is 0. The zero-order valence-corrected chi connectivity index (χ0v) is 10.9. The first-order valence-electron chi connectivity index (χ1n) is 6.08. The number of allylic oxidation sites excluding steroid dienone is 1. The molecule has 0 radical (unpaired) electrons. The maximum atomic E-state index is 12.2. The highest BCUT2D eigenvalue weighted by molar-refractivity contribution is 6.14. The van der Waals surface area contributed by atoms with Crippen LogP contribution < -0.4 is 0 Å². The number of ketones is 1. The van der Waals surface area contributed by atoms with Gasteiger partial charge in [-0.25, -0.2) is 0 Å². The molecule has 21 heavy (non-hydrogen) atoms. The molecule has 0 amide bonds. The fourth-order valence-corrected chi connectivity index (χ4v) is 1.75. The minimum Gasteiger partial charge on any atom is -0.288 e. The van der Waals surface area contributed by atoms with Gasteiger partial charge in [-0.05, 0) is 23.8 Å². The molecule has 0 fully saturated rings. The van der Waals surface area contributed by atoms with E-state index < -0.39 is 4.92 Å². The third kappa shape index (κ3) is 3.39. The van der Waals surface area contributed by atoms with E-state index in [4.69, 9.17) is 5.26 Å². The molecule has 5 nitrogen and oxygen atoms in total. The van der Waals surface area contributed by atoms with Crippen LogP contribution in [0.25, 0.3) is 6.08 Å². The maximum absolute atomic E-state index is 12.2. The molecule has 102 valence electrons. The van der Waals surface area contributed by atoms with Gasteiger partial charge in [0.2, 0.25) is 5.78 Å². The lowest BCUT2D eigenvalue weighted by atomic mass is 10.0. The Morgan fingerprint density at radius 1 is 1.10 bits per heavy atom.